The van der Waals surface area contributed by atoms with Crippen LogP contribution in [0.3, 0.4) is 0 Å². The highest BCUT2D eigenvalue weighted by Gasteiger charge is 1.58. The fraction of sp³-hybridized carbons (Fsp3) is 1.00. The van der Waals surface area contributed by atoms with Crippen molar-refractivity contribution in [2.45, 2.75) is 13.3 Å². The zero-order valence-corrected chi connectivity index (χ0v) is 8.40. The van der Waals surface area contributed by atoms with Crippen LogP contribution in [0.1, 0.15) is 13.3 Å². The standard InChI is InChI=1S/C3H7I.C3H9N/c1-2-3-4;1-4(2)3/h2-3H2,1H3;1-3H3. The normalized spacial score (nSPS) is 8.25. The molecule has 0 aromatic heterocycles. The van der Waals surface area contributed by atoms with Crippen LogP contribution in [-0.2, 0) is 0 Å². The molecule has 0 aromatic rings. The summed E-state index contributed by atoms with van der Waals surface area (Å²) in [7, 11) is 6.00. The first-order valence-corrected chi connectivity index (χ1v) is 4.34. The highest BCUT2D eigenvalue weighted by atomic mass is 127. The van der Waals surface area contributed by atoms with Gasteiger partial charge in [0.2, 0.25) is 0 Å². The number of hydrogen-bond acceptors (Lipinski definition) is 1. The molecule has 0 atom stereocenters. The maximum absolute atomic E-state index is 2.35. The molecule has 2 heteroatoms. The topological polar surface area (TPSA) is 3.24 Å². The SMILES string of the molecule is CCCI.CN(C)C. The summed E-state index contributed by atoms with van der Waals surface area (Å²) in [6.07, 6.45) is 1.31. The first kappa shape index (κ1) is 11.5. The van der Waals surface area contributed by atoms with Gasteiger partial charge in [-0.1, -0.05) is 29.5 Å². The summed E-state index contributed by atoms with van der Waals surface area (Å²) in [5.74, 6) is 0. The van der Waals surface area contributed by atoms with E-state index in [1.54, 1.807) is 0 Å². The first-order chi connectivity index (χ1) is 3.65. The van der Waals surface area contributed by atoms with Gasteiger partial charge in [0, 0.05) is 0 Å². The molecule has 1 nitrogen and oxygen atoms in total. The minimum Gasteiger partial charge on any atom is -0.312 e. The molecule has 0 spiro atoms. The molecule has 0 aromatic carbocycles. The Hall–Kier alpha value is 0.690. The minimum absolute atomic E-state index is 1.29. The summed E-state index contributed by atoms with van der Waals surface area (Å²) in [6.45, 7) is 2.17. The van der Waals surface area contributed by atoms with Gasteiger partial charge >= 0.3 is 0 Å². The third-order valence-electron chi connectivity index (χ3n) is 0.189. The second-order valence-electron chi connectivity index (χ2n) is 2.03. The zero-order chi connectivity index (χ0) is 6.99. The van der Waals surface area contributed by atoms with Crippen LogP contribution in [0.5, 0.6) is 0 Å². The summed E-state index contributed by atoms with van der Waals surface area (Å²) in [6, 6.07) is 0. The van der Waals surface area contributed by atoms with Crippen molar-refractivity contribution in [2.75, 3.05) is 25.6 Å². The van der Waals surface area contributed by atoms with E-state index in [1.807, 2.05) is 26.0 Å². The molecule has 0 N–H and O–H groups in total. The molecule has 0 aliphatic rings. The Balaban J connectivity index is 0. The maximum Gasteiger partial charge on any atom is -0.000735 e. The Kier molecular flexibility index (Phi) is 15.3. The molecule has 0 amide bonds. The number of nitrogens with zero attached hydrogens (tertiary/aromatic N) is 1. The third kappa shape index (κ3) is 75.8. The van der Waals surface area contributed by atoms with Gasteiger partial charge < -0.3 is 4.90 Å². The number of rotatable bonds is 1. The van der Waals surface area contributed by atoms with Crippen molar-refractivity contribution in [1.29, 1.82) is 0 Å². The molecule has 0 saturated heterocycles. The highest BCUT2D eigenvalue weighted by molar-refractivity contribution is 14.1. The van der Waals surface area contributed by atoms with Gasteiger partial charge in [-0.3, -0.25) is 0 Å². The summed E-state index contributed by atoms with van der Waals surface area (Å²) in [4.78, 5) is 2.00. The second-order valence-corrected chi connectivity index (χ2v) is 3.11. The molecule has 0 aliphatic heterocycles. The molecule has 0 saturated carbocycles. The van der Waals surface area contributed by atoms with E-state index in [4.69, 9.17) is 0 Å². The van der Waals surface area contributed by atoms with Gasteiger partial charge in [-0.15, -0.1) is 0 Å². The van der Waals surface area contributed by atoms with E-state index in [-0.39, 0.29) is 0 Å². The predicted molar refractivity (Wildman–Crippen MR) is 48.8 cm³/mol. The van der Waals surface area contributed by atoms with Gasteiger partial charge in [-0.2, -0.15) is 0 Å². The molecule has 0 bridgehead atoms. The molecule has 0 aliphatic carbocycles. The second kappa shape index (κ2) is 10.6. The van der Waals surface area contributed by atoms with Gasteiger partial charge in [-0.25, -0.2) is 0 Å². The fourth-order valence-electron chi connectivity index (χ4n) is 0. The quantitative estimate of drug-likeness (QED) is 0.491. The molecule has 0 unspecified atom stereocenters. The lowest BCUT2D eigenvalue weighted by Gasteiger charge is -1.90. The largest absolute Gasteiger partial charge is 0.312 e. The molecule has 0 heterocycles. The summed E-state index contributed by atoms with van der Waals surface area (Å²) in [5, 5.41) is 0. The Labute approximate surface area is 66.6 Å². The number of hydrogen-bond donors (Lipinski definition) is 0. The molecule has 0 radical (unpaired) electrons. The molecular formula is C6H16IN. The van der Waals surface area contributed by atoms with E-state index >= 15 is 0 Å². The van der Waals surface area contributed by atoms with Crippen molar-refractivity contribution in [3.8, 4) is 0 Å². The molecular weight excluding hydrogens is 213 g/mol. The molecule has 0 fully saturated rings. The van der Waals surface area contributed by atoms with Crippen molar-refractivity contribution < 1.29 is 0 Å². The van der Waals surface area contributed by atoms with Crippen LogP contribution in [-0.4, -0.2) is 30.5 Å². The zero-order valence-electron chi connectivity index (χ0n) is 6.24. The van der Waals surface area contributed by atoms with Crippen LogP contribution < -0.4 is 0 Å². The van der Waals surface area contributed by atoms with Gasteiger partial charge in [0.15, 0.2) is 0 Å². The third-order valence-corrected chi connectivity index (χ3v) is 1.27. The smallest absolute Gasteiger partial charge is 0.000735 e. The van der Waals surface area contributed by atoms with Gasteiger partial charge in [0.05, 0.1) is 0 Å². The van der Waals surface area contributed by atoms with Crippen LogP contribution in [0.15, 0.2) is 0 Å². The van der Waals surface area contributed by atoms with E-state index in [2.05, 4.69) is 29.5 Å². The minimum atomic E-state index is 1.29. The summed E-state index contributed by atoms with van der Waals surface area (Å²) < 4.78 is 1.29. The molecule has 52 valence electrons. The lowest BCUT2D eigenvalue weighted by atomic mass is 10.6. The number of alkyl halides is 1. The first-order valence-electron chi connectivity index (χ1n) is 2.82. The van der Waals surface area contributed by atoms with Gasteiger partial charge in [0.25, 0.3) is 0 Å². The Morgan fingerprint density at radius 2 is 1.38 bits per heavy atom. The summed E-state index contributed by atoms with van der Waals surface area (Å²) in [5.41, 5.74) is 0. The predicted octanol–water partition coefficient (Wildman–Crippen LogP) is 2.01. The van der Waals surface area contributed by atoms with Crippen molar-refractivity contribution in [2.24, 2.45) is 0 Å². The van der Waals surface area contributed by atoms with Crippen molar-refractivity contribution in [3.63, 3.8) is 0 Å². The lowest BCUT2D eigenvalue weighted by Crippen LogP contribution is -1.99. The Bertz CT molecular complexity index is 25.0. The average Bonchev–Trinajstić information content (AvgIpc) is 1.65. The van der Waals surface area contributed by atoms with Crippen LogP contribution in [0.25, 0.3) is 0 Å². The van der Waals surface area contributed by atoms with E-state index in [0.29, 0.717) is 0 Å². The number of halogens is 1. The van der Waals surface area contributed by atoms with E-state index in [0.717, 1.165) is 0 Å². The molecule has 8 heavy (non-hydrogen) atoms. The van der Waals surface area contributed by atoms with E-state index in [1.165, 1.54) is 10.8 Å². The fourth-order valence-corrected chi connectivity index (χ4v) is 0. The maximum atomic E-state index is 2.35. The summed E-state index contributed by atoms with van der Waals surface area (Å²) >= 11 is 2.35. The van der Waals surface area contributed by atoms with Crippen LogP contribution in [0, 0.1) is 0 Å². The monoisotopic (exact) mass is 229 g/mol. The van der Waals surface area contributed by atoms with Crippen LogP contribution >= 0.6 is 22.6 Å². The van der Waals surface area contributed by atoms with Crippen LogP contribution in [0.2, 0.25) is 0 Å². The van der Waals surface area contributed by atoms with Crippen molar-refractivity contribution in [3.05, 3.63) is 0 Å². The van der Waals surface area contributed by atoms with Crippen LogP contribution in [0.4, 0.5) is 0 Å². The molecule has 0 rings (SSSR count). The van der Waals surface area contributed by atoms with Gasteiger partial charge in [-0.05, 0) is 32.0 Å². The van der Waals surface area contributed by atoms with Gasteiger partial charge in [0.1, 0.15) is 0 Å². The highest BCUT2D eigenvalue weighted by Crippen LogP contribution is 1.81. The van der Waals surface area contributed by atoms with Crippen molar-refractivity contribution in [1.82, 2.24) is 4.90 Å². The van der Waals surface area contributed by atoms with E-state index < -0.39 is 0 Å². The van der Waals surface area contributed by atoms with E-state index in [9.17, 15) is 0 Å². The lowest BCUT2D eigenvalue weighted by molar-refractivity contribution is 0.505. The van der Waals surface area contributed by atoms with Crippen molar-refractivity contribution >= 4 is 22.6 Å². The average molecular weight is 229 g/mol. The Morgan fingerprint density at radius 1 is 1.25 bits per heavy atom. The Morgan fingerprint density at radius 3 is 1.38 bits per heavy atom.